The molecule has 0 aliphatic rings. The standard InChI is InChI=1S/C3H11FN2O2S/c1-6(3-2-4)9(5,7)8/h7-8H,2-3,5H2,1H3. The van der Waals surface area contributed by atoms with Gasteiger partial charge in [0.05, 0.1) is 0 Å². The summed E-state index contributed by atoms with van der Waals surface area (Å²) in [6.45, 7) is -0.692. The molecule has 0 fully saturated rings. The minimum absolute atomic E-state index is 0.0567. The molecule has 0 radical (unpaired) electrons. The van der Waals surface area contributed by atoms with E-state index in [1.165, 1.54) is 7.05 Å². The van der Waals surface area contributed by atoms with E-state index in [9.17, 15) is 4.39 Å². The van der Waals surface area contributed by atoms with Gasteiger partial charge in [-0.05, 0) is 0 Å². The number of halogens is 1. The van der Waals surface area contributed by atoms with Crippen LogP contribution in [0.5, 0.6) is 0 Å². The molecule has 0 heterocycles. The van der Waals surface area contributed by atoms with E-state index in [4.69, 9.17) is 14.2 Å². The molecule has 6 heteroatoms. The molecule has 0 amide bonds. The molecule has 0 saturated carbocycles. The van der Waals surface area contributed by atoms with Crippen LogP contribution in [0.25, 0.3) is 0 Å². The maximum Gasteiger partial charge on any atom is 0.104 e. The fraction of sp³-hybridized carbons (Fsp3) is 1.00. The van der Waals surface area contributed by atoms with Crippen molar-refractivity contribution in [1.29, 1.82) is 0 Å². The Morgan fingerprint density at radius 2 is 2.11 bits per heavy atom. The van der Waals surface area contributed by atoms with Crippen LogP contribution in [0.15, 0.2) is 0 Å². The van der Waals surface area contributed by atoms with Crippen LogP contribution in [0.4, 0.5) is 4.39 Å². The van der Waals surface area contributed by atoms with Crippen LogP contribution in [0.2, 0.25) is 0 Å². The normalized spacial score (nSPS) is 14.4. The Bertz CT molecular complexity index is 86.4. The van der Waals surface area contributed by atoms with Crippen molar-refractivity contribution < 1.29 is 13.5 Å². The van der Waals surface area contributed by atoms with E-state index in [0.717, 1.165) is 4.31 Å². The summed E-state index contributed by atoms with van der Waals surface area (Å²) in [5.74, 6) is 0. The first-order valence-electron chi connectivity index (χ1n) is 2.31. The van der Waals surface area contributed by atoms with Crippen LogP contribution >= 0.6 is 11.0 Å². The second-order valence-electron chi connectivity index (χ2n) is 1.60. The summed E-state index contributed by atoms with van der Waals surface area (Å²) in [6.07, 6.45) is 0. The second kappa shape index (κ2) is 3.33. The summed E-state index contributed by atoms with van der Waals surface area (Å²) in [5.41, 5.74) is 0. The van der Waals surface area contributed by atoms with E-state index in [1.807, 2.05) is 0 Å². The Hall–Kier alpha value is 0.120. The van der Waals surface area contributed by atoms with Gasteiger partial charge in [0.1, 0.15) is 6.67 Å². The van der Waals surface area contributed by atoms with E-state index in [1.54, 1.807) is 0 Å². The van der Waals surface area contributed by atoms with Gasteiger partial charge >= 0.3 is 0 Å². The molecule has 0 spiro atoms. The van der Waals surface area contributed by atoms with Gasteiger partial charge in [-0.2, -0.15) is 4.31 Å². The number of rotatable bonds is 3. The highest BCUT2D eigenvalue weighted by molar-refractivity contribution is 8.20. The number of hydrogen-bond donors (Lipinski definition) is 3. The highest BCUT2D eigenvalue weighted by atomic mass is 32.3. The van der Waals surface area contributed by atoms with Crippen molar-refractivity contribution in [1.82, 2.24) is 4.31 Å². The highest BCUT2D eigenvalue weighted by Crippen LogP contribution is 2.31. The van der Waals surface area contributed by atoms with Crippen molar-refractivity contribution in [3.63, 3.8) is 0 Å². The monoisotopic (exact) mass is 158 g/mol. The highest BCUT2D eigenvalue weighted by Gasteiger charge is 2.10. The molecule has 4 nitrogen and oxygen atoms in total. The molecule has 0 aromatic heterocycles. The molecule has 0 aromatic rings. The van der Waals surface area contributed by atoms with E-state index < -0.39 is 17.6 Å². The summed E-state index contributed by atoms with van der Waals surface area (Å²) in [4.78, 5) is 0. The van der Waals surface area contributed by atoms with E-state index in [2.05, 4.69) is 0 Å². The van der Waals surface area contributed by atoms with Gasteiger partial charge in [-0.1, -0.05) is 11.0 Å². The van der Waals surface area contributed by atoms with E-state index >= 15 is 0 Å². The summed E-state index contributed by atoms with van der Waals surface area (Å²) >= 11 is 0. The minimum atomic E-state index is -3.17. The van der Waals surface area contributed by atoms with Gasteiger partial charge < -0.3 is 0 Å². The van der Waals surface area contributed by atoms with Crippen molar-refractivity contribution in [2.75, 3.05) is 20.3 Å². The lowest BCUT2D eigenvalue weighted by molar-refractivity contribution is 0.350. The first kappa shape index (κ1) is 9.12. The van der Waals surface area contributed by atoms with Crippen LogP contribution in [0, 0.1) is 0 Å². The molecule has 58 valence electrons. The summed E-state index contributed by atoms with van der Waals surface area (Å²) in [6, 6.07) is 0. The molecule has 0 unspecified atom stereocenters. The number of nitrogens with two attached hydrogens (primary N) is 1. The molecule has 0 saturated heterocycles. The molecular formula is C3H11FN2O2S. The Kier molecular flexibility index (Phi) is 3.37. The Morgan fingerprint density at radius 3 is 2.22 bits per heavy atom. The molecule has 0 atom stereocenters. The fourth-order valence-electron chi connectivity index (χ4n) is 0.253. The van der Waals surface area contributed by atoms with Crippen LogP contribution in [0.3, 0.4) is 0 Å². The first-order chi connectivity index (χ1) is 3.98. The second-order valence-corrected chi connectivity index (χ2v) is 3.35. The number of alkyl halides is 1. The van der Waals surface area contributed by atoms with Gasteiger partial charge in [0.2, 0.25) is 0 Å². The van der Waals surface area contributed by atoms with Gasteiger partial charge in [0.25, 0.3) is 0 Å². The lowest BCUT2D eigenvalue weighted by atomic mass is 10.7. The third-order valence-electron chi connectivity index (χ3n) is 0.858. The molecule has 0 aliphatic heterocycles. The zero-order valence-corrected chi connectivity index (χ0v) is 5.94. The van der Waals surface area contributed by atoms with Crippen molar-refractivity contribution in [3.8, 4) is 0 Å². The summed E-state index contributed by atoms with van der Waals surface area (Å²) in [7, 11) is -1.83. The molecule has 0 rings (SSSR count). The Balaban J connectivity index is 3.59. The van der Waals surface area contributed by atoms with E-state index in [-0.39, 0.29) is 6.54 Å². The molecule has 0 bridgehead atoms. The fourth-order valence-corrected chi connectivity index (χ4v) is 0.591. The number of hydrogen-bond acceptors (Lipinski definition) is 4. The number of nitrogens with zero attached hydrogens (tertiary/aromatic N) is 1. The zero-order chi connectivity index (χ0) is 7.49. The van der Waals surface area contributed by atoms with Crippen LogP contribution in [-0.2, 0) is 0 Å². The van der Waals surface area contributed by atoms with Crippen molar-refractivity contribution in [2.45, 2.75) is 0 Å². The minimum Gasteiger partial charge on any atom is -0.273 e. The van der Waals surface area contributed by atoms with Gasteiger partial charge in [-0.25, -0.2) is 9.53 Å². The summed E-state index contributed by atoms with van der Waals surface area (Å²) in [5, 5.41) is 4.82. The lowest BCUT2D eigenvalue weighted by Gasteiger charge is -2.34. The quantitative estimate of drug-likeness (QED) is 0.557. The molecular weight excluding hydrogens is 147 g/mol. The first-order valence-corrected chi connectivity index (χ1v) is 3.88. The van der Waals surface area contributed by atoms with E-state index in [0.29, 0.717) is 0 Å². The van der Waals surface area contributed by atoms with Crippen LogP contribution < -0.4 is 5.14 Å². The largest absolute Gasteiger partial charge is 0.273 e. The van der Waals surface area contributed by atoms with Crippen LogP contribution in [0.1, 0.15) is 0 Å². The molecule has 9 heavy (non-hydrogen) atoms. The summed E-state index contributed by atoms with van der Waals surface area (Å²) < 4.78 is 29.6. The van der Waals surface area contributed by atoms with Crippen molar-refractivity contribution in [2.24, 2.45) is 5.14 Å². The van der Waals surface area contributed by atoms with Crippen molar-refractivity contribution in [3.05, 3.63) is 0 Å². The van der Waals surface area contributed by atoms with Crippen LogP contribution in [-0.4, -0.2) is 33.7 Å². The third kappa shape index (κ3) is 3.66. The maximum absolute atomic E-state index is 11.5. The molecule has 0 aliphatic carbocycles. The third-order valence-corrected chi connectivity index (χ3v) is 1.96. The van der Waals surface area contributed by atoms with Gasteiger partial charge in [0.15, 0.2) is 0 Å². The topological polar surface area (TPSA) is 69.7 Å². The van der Waals surface area contributed by atoms with Gasteiger partial charge in [-0.15, -0.1) is 0 Å². The van der Waals surface area contributed by atoms with Gasteiger partial charge in [-0.3, -0.25) is 9.11 Å². The smallest absolute Gasteiger partial charge is 0.104 e. The predicted octanol–water partition coefficient (Wildman–Crippen LogP) is 0.427. The Morgan fingerprint density at radius 1 is 1.67 bits per heavy atom. The molecule has 4 N–H and O–H groups in total. The SMILES string of the molecule is CN(CCF)S(N)(O)O. The molecule has 0 aromatic carbocycles. The van der Waals surface area contributed by atoms with Crippen molar-refractivity contribution >= 4 is 11.0 Å². The van der Waals surface area contributed by atoms with Gasteiger partial charge in [0, 0.05) is 13.6 Å². The maximum atomic E-state index is 11.5. The lowest BCUT2D eigenvalue weighted by Crippen LogP contribution is -2.30. The average molecular weight is 158 g/mol. The Labute approximate surface area is 55.1 Å². The average Bonchev–Trinajstić information content (AvgIpc) is 1.64. The predicted molar refractivity (Wildman–Crippen MR) is 35.6 cm³/mol. The zero-order valence-electron chi connectivity index (χ0n) is 5.12.